The van der Waals surface area contributed by atoms with Gasteiger partial charge in [-0.1, -0.05) is 0 Å². The highest BCUT2D eigenvalue weighted by molar-refractivity contribution is 5.72. The fraction of sp³-hybridized carbons (Fsp3) is 0.455. The van der Waals surface area contributed by atoms with Crippen LogP contribution in [0.4, 0.5) is 0 Å². The van der Waals surface area contributed by atoms with E-state index in [1.807, 2.05) is 29.1 Å². The van der Waals surface area contributed by atoms with E-state index in [1.165, 1.54) is 0 Å². The number of aliphatic hydroxyl groups is 1. The molecule has 0 aliphatic heterocycles. The molecule has 0 fully saturated rings. The number of aliphatic hydroxyl groups excluding tert-OH is 1. The molecule has 1 aromatic rings. The first-order chi connectivity index (χ1) is 7.26. The summed E-state index contributed by atoms with van der Waals surface area (Å²) in [5.41, 5.74) is 0.919. The van der Waals surface area contributed by atoms with Gasteiger partial charge in [0.25, 0.3) is 0 Å². The first-order valence-corrected chi connectivity index (χ1v) is 5.00. The maximum Gasteiger partial charge on any atom is 0.310 e. The fourth-order valence-electron chi connectivity index (χ4n) is 1.25. The van der Waals surface area contributed by atoms with E-state index < -0.39 is 0 Å². The van der Waals surface area contributed by atoms with Crippen molar-refractivity contribution in [2.24, 2.45) is 0 Å². The van der Waals surface area contributed by atoms with Gasteiger partial charge in [0.2, 0.25) is 0 Å². The van der Waals surface area contributed by atoms with Crippen LogP contribution in [0.3, 0.4) is 0 Å². The van der Waals surface area contributed by atoms with Crippen LogP contribution in [0.25, 0.3) is 0 Å². The molecule has 1 N–H and O–H groups in total. The van der Waals surface area contributed by atoms with Gasteiger partial charge in [0.1, 0.15) is 6.61 Å². The predicted molar refractivity (Wildman–Crippen MR) is 54.1 cm³/mol. The van der Waals surface area contributed by atoms with Crippen LogP contribution >= 0.6 is 0 Å². The normalized spacial score (nSPS) is 10.0. The minimum atomic E-state index is -0.211. The van der Waals surface area contributed by atoms with Crippen LogP contribution in [0.2, 0.25) is 0 Å². The molecule has 0 spiro atoms. The van der Waals surface area contributed by atoms with E-state index in [0.29, 0.717) is 19.6 Å². The smallest absolute Gasteiger partial charge is 0.310 e. The van der Waals surface area contributed by atoms with Crippen molar-refractivity contribution in [1.82, 2.24) is 0 Å². The molecule has 0 unspecified atom stereocenters. The highest BCUT2D eigenvalue weighted by atomic mass is 16.5. The molecule has 4 heteroatoms. The van der Waals surface area contributed by atoms with Gasteiger partial charge in [0.15, 0.2) is 18.9 Å². The number of carbonyl (C=O) groups excluding carboxylic acids is 1. The Morgan fingerprint density at radius 1 is 1.47 bits per heavy atom. The molecular weight excluding hydrogens is 194 g/mol. The Labute approximate surface area is 89.1 Å². The zero-order valence-corrected chi connectivity index (χ0v) is 8.85. The summed E-state index contributed by atoms with van der Waals surface area (Å²) in [4.78, 5) is 11.2. The minimum absolute atomic E-state index is 0.113. The SMILES string of the molecule is CCOC(=O)Cc1cc[n+](CCO)cc1. The fourth-order valence-corrected chi connectivity index (χ4v) is 1.25. The summed E-state index contributed by atoms with van der Waals surface area (Å²) in [5, 5.41) is 8.71. The van der Waals surface area contributed by atoms with Crippen LogP contribution in [0, 0.1) is 0 Å². The van der Waals surface area contributed by atoms with Gasteiger partial charge in [-0.15, -0.1) is 0 Å². The number of pyridine rings is 1. The van der Waals surface area contributed by atoms with E-state index in [0.717, 1.165) is 5.56 Å². The Kier molecular flexibility index (Phi) is 4.77. The highest BCUT2D eigenvalue weighted by Crippen LogP contribution is 1.98. The van der Waals surface area contributed by atoms with Crippen LogP contribution in [0.5, 0.6) is 0 Å². The van der Waals surface area contributed by atoms with Gasteiger partial charge in [0.05, 0.1) is 13.0 Å². The lowest BCUT2D eigenvalue weighted by molar-refractivity contribution is -0.698. The molecule has 15 heavy (non-hydrogen) atoms. The van der Waals surface area contributed by atoms with E-state index >= 15 is 0 Å². The summed E-state index contributed by atoms with van der Waals surface area (Å²) < 4.78 is 6.69. The van der Waals surface area contributed by atoms with Crippen molar-refractivity contribution >= 4 is 5.97 Å². The number of hydrogen-bond donors (Lipinski definition) is 1. The monoisotopic (exact) mass is 210 g/mol. The van der Waals surface area contributed by atoms with Gasteiger partial charge >= 0.3 is 5.97 Å². The summed E-state index contributed by atoms with van der Waals surface area (Å²) in [7, 11) is 0. The van der Waals surface area contributed by atoms with Gasteiger partial charge in [-0.3, -0.25) is 4.79 Å². The highest BCUT2D eigenvalue weighted by Gasteiger charge is 2.05. The molecule has 0 atom stereocenters. The topological polar surface area (TPSA) is 50.4 Å². The number of esters is 1. The summed E-state index contributed by atoms with van der Waals surface area (Å²) in [5.74, 6) is -0.211. The Hall–Kier alpha value is -1.42. The molecule has 0 radical (unpaired) electrons. The first kappa shape index (κ1) is 11.7. The van der Waals surface area contributed by atoms with E-state index in [2.05, 4.69) is 0 Å². The van der Waals surface area contributed by atoms with Crippen LogP contribution in [0.1, 0.15) is 12.5 Å². The zero-order chi connectivity index (χ0) is 11.1. The molecule has 4 nitrogen and oxygen atoms in total. The second-order valence-corrected chi connectivity index (χ2v) is 3.15. The first-order valence-electron chi connectivity index (χ1n) is 5.00. The minimum Gasteiger partial charge on any atom is -0.466 e. The van der Waals surface area contributed by atoms with Gasteiger partial charge in [0, 0.05) is 12.1 Å². The van der Waals surface area contributed by atoms with Crippen LogP contribution in [-0.2, 0) is 22.5 Å². The van der Waals surface area contributed by atoms with E-state index in [9.17, 15) is 4.79 Å². The summed E-state index contributed by atoms with van der Waals surface area (Å²) in [6.45, 7) is 2.88. The van der Waals surface area contributed by atoms with Crippen LogP contribution in [0.15, 0.2) is 24.5 Å². The molecular formula is C11H16NO3+. The lowest BCUT2D eigenvalue weighted by Gasteiger charge is -2.01. The Balaban J connectivity index is 2.52. The summed E-state index contributed by atoms with van der Waals surface area (Å²) in [6, 6.07) is 3.71. The van der Waals surface area contributed by atoms with E-state index in [1.54, 1.807) is 6.92 Å². The van der Waals surface area contributed by atoms with Gasteiger partial charge in [-0.25, -0.2) is 4.57 Å². The Morgan fingerprint density at radius 2 is 2.13 bits per heavy atom. The number of nitrogens with zero attached hydrogens (tertiary/aromatic N) is 1. The molecule has 1 rings (SSSR count). The molecule has 0 aliphatic rings. The van der Waals surface area contributed by atoms with Crippen molar-refractivity contribution in [3.8, 4) is 0 Å². The van der Waals surface area contributed by atoms with Crippen molar-refractivity contribution < 1.29 is 19.2 Å². The summed E-state index contributed by atoms with van der Waals surface area (Å²) >= 11 is 0. The second-order valence-electron chi connectivity index (χ2n) is 3.15. The third-order valence-electron chi connectivity index (χ3n) is 1.97. The molecule has 0 aromatic carbocycles. The molecule has 0 amide bonds. The van der Waals surface area contributed by atoms with Gasteiger partial charge in [-0.2, -0.15) is 0 Å². The molecule has 0 saturated heterocycles. The van der Waals surface area contributed by atoms with Gasteiger partial charge in [-0.05, 0) is 12.5 Å². The molecule has 1 heterocycles. The average molecular weight is 210 g/mol. The Bertz CT molecular complexity index is 308. The Morgan fingerprint density at radius 3 is 2.67 bits per heavy atom. The van der Waals surface area contributed by atoms with E-state index in [4.69, 9.17) is 9.84 Å². The quantitative estimate of drug-likeness (QED) is 0.553. The van der Waals surface area contributed by atoms with E-state index in [-0.39, 0.29) is 12.6 Å². The molecule has 0 aliphatic carbocycles. The third-order valence-corrected chi connectivity index (χ3v) is 1.97. The standard InChI is InChI=1S/C11H16NO3/c1-2-15-11(14)9-10-3-5-12(6-4-10)7-8-13/h3-6,13H,2,7-9H2,1H3/q+1. The van der Waals surface area contributed by atoms with Crippen molar-refractivity contribution in [1.29, 1.82) is 0 Å². The maximum absolute atomic E-state index is 11.2. The number of carbonyl (C=O) groups is 1. The number of hydrogen-bond acceptors (Lipinski definition) is 3. The molecule has 1 aromatic heterocycles. The third kappa shape index (κ3) is 4.08. The lowest BCUT2D eigenvalue weighted by Crippen LogP contribution is -2.34. The lowest BCUT2D eigenvalue weighted by atomic mass is 10.2. The van der Waals surface area contributed by atoms with Crippen molar-refractivity contribution in [2.45, 2.75) is 19.9 Å². The molecule has 0 saturated carbocycles. The molecule has 0 bridgehead atoms. The predicted octanol–water partition coefficient (Wildman–Crippen LogP) is 0.0720. The zero-order valence-electron chi connectivity index (χ0n) is 8.85. The average Bonchev–Trinajstić information content (AvgIpc) is 2.22. The maximum atomic E-state index is 11.2. The van der Waals surface area contributed by atoms with Crippen molar-refractivity contribution in [3.05, 3.63) is 30.1 Å². The molecule has 82 valence electrons. The number of rotatable bonds is 5. The number of ether oxygens (including phenoxy) is 1. The largest absolute Gasteiger partial charge is 0.466 e. The van der Waals surface area contributed by atoms with Crippen molar-refractivity contribution in [3.63, 3.8) is 0 Å². The van der Waals surface area contributed by atoms with Crippen LogP contribution in [-0.4, -0.2) is 24.3 Å². The van der Waals surface area contributed by atoms with Crippen molar-refractivity contribution in [2.75, 3.05) is 13.2 Å². The second kappa shape index (κ2) is 6.14. The summed E-state index contributed by atoms with van der Waals surface area (Å²) in [6.07, 6.45) is 3.98. The van der Waals surface area contributed by atoms with Crippen LogP contribution < -0.4 is 4.57 Å². The van der Waals surface area contributed by atoms with Gasteiger partial charge < -0.3 is 9.84 Å². The number of aromatic nitrogens is 1.